The molecule has 1 fully saturated rings. The standard InChI is InChI=1S/C15H21BrN4.HI/c16-13-2-4-14(5-3-13)20-9-6-12(11-20)10-19-15-17-7-1-8-18-15;/h2-5,12H,1,6-11H2,(H2,17,18,19);1H. The van der Waals surface area contributed by atoms with Crippen LogP contribution in [0.4, 0.5) is 5.69 Å². The predicted molar refractivity (Wildman–Crippen MR) is 103 cm³/mol. The number of nitrogens with zero attached hydrogens (tertiary/aromatic N) is 2. The third kappa shape index (κ3) is 4.74. The monoisotopic (exact) mass is 464 g/mol. The normalized spacial score (nSPS) is 21.3. The molecule has 0 aromatic heterocycles. The van der Waals surface area contributed by atoms with E-state index in [1.54, 1.807) is 0 Å². The summed E-state index contributed by atoms with van der Waals surface area (Å²) in [7, 11) is 0. The minimum absolute atomic E-state index is 0. The van der Waals surface area contributed by atoms with Gasteiger partial charge in [0.1, 0.15) is 0 Å². The van der Waals surface area contributed by atoms with E-state index in [2.05, 4.69) is 60.7 Å². The fourth-order valence-electron chi connectivity index (χ4n) is 2.78. The Bertz CT molecular complexity index is 477. The number of rotatable bonds is 3. The zero-order chi connectivity index (χ0) is 13.8. The van der Waals surface area contributed by atoms with Crippen molar-refractivity contribution in [3.63, 3.8) is 0 Å². The van der Waals surface area contributed by atoms with Crippen molar-refractivity contribution in [2.75, 3.05) is 37.6 Å². The fraction of sp³-hybridized carbons (Fsp3) is 0.533. The van der Waals surface area contributed by atoms with E-state index >= 15 is 0 Å². The maximum absolute atomic E-state index is 4.45. The molecule has 1 saturated heterocycles. The van der Waals surface area contributed by atoms with Gasteiger partial charge >= 0.3 is 0 Å². The highest BCUT2D eigenvalue weighted by Gasteiger charge is 2.22. The van der Waals surface area contributed by atoms with Crippen LogP contribution in [0, 0.1) is 5.92 Å². The van der Waals surface area contributed by atoms with Crippen LogP contribution in [0.5, 0.6) is 0 Å². The molecule has 6 heteroatoms. The SMILES string of the molecule is Brc1ccc(N2CCC(CNC3=NCCCN3)C2)cc1.I. The van der Waals surface area contributed by atoms with Gasteiger partial charge in [-0.3, -0.25) is 4.99 Å². The Labute approximate surface area is 151 Å². The first kappa shape index (κ1) is 16.9. The lowest BCUT2D eigenvalue weighted by Gasteiger charge is -2.20. The van der Waals surface area contributed by atoms with Crippen LogP contribution in [0.2, 0.25) is 0 Å². The molecule has 0 saturated carbocycles. The van der Waals surface area contributed by atoms with Crippen molar-refractivity contribution in [2.24, 2.45) is 10.9 Å². The van der Waals surface area contributed by atoms with E-state index in [1.807, 2.05) is 0 Å². The molecule has 0 spiro atoms. The van der Waals surface area contributed by atoms with Crippen molar-refractivity contribution < 1.29 is 0 Å². The average molecular weight is 465 g/mol. The van der Waals surface area contributed by atoms with Crippen molar-refractivity contribution in [1.29, 1.82) is 0 Å². The van der Waals surface area contributed by atoms with Crippen LogP contribution in [0.3, 0.4) is 0 Å². The molecule has 21 heavy (non-hydrogen) atoms. The zero-order valence-electron chi connectivity index (χ0n) is 12.0. The van der Waals surface area contributed by atoms with Gasteiger partial charge < -0.3 is 15.5 Å². The Morgan fingerprint density at radius 3 is 2.86 bits per heavy atom. The Morgan fingerprint density at radius 1 is 1.33 bits per heavy atom. The number of hydrogen-bond donors (Lipinski definition) is 2. The van der Waals surface area contributed by atoms with E-state index in [1.165, 1.54) is 12.1 Å². The predicted octanol–water partition coefficient (Wildman–Crippen LogP) is 2.83. The molecule has 2 heterocycles. The summed E-state index contributed by atoms with van der Waals surface area (Å²) in [5.41, 5.74) is 1.32. The largest absolute Gasteiger partial charge is 0.371 e. The maximum Gasteiger partial charge on any atom is 0.191 e. The smallest absolute Gasteiger partial charge is 0.191 e. The number of benzene rings is 1. The van der Waals surface area contributed by atoms with Gasteiger partial charge in [-0.05, 0) is 43.0 Å². The zero-order valence-corrected chi connectivity index (χ0v) is 15.9. The van der Waals surface area contributed by atoms with Crippen molar-refractivity contribution in [2.45, 2.75) is 12.8 Å². The summed E-state index contributed by atoms with van der Waals surface area (Å²) in [6, 6.07) is 8.60. The molecule has 0 radical (unpaired) electrons. The molecular formula is C15H22BrIN4. The van der Waals surface area contributed by atoms with Crippen LogP contribution in [0.1, 0.15) is 12.8 Å². The van der Waals surface area contributed by atoms with Crippen LogP contribution < -0.4 is 15.5 Å². The lowest BCUT2D eigenvalue weighted by atomic mass is 10.1. The number of guanidine groups is 1. The minimum atomic E-state index is 0. The molecule has 2 aliphatic heterocycles. The maximum atomic E-state index is 4.45. The first-order valence-electron chi connectivity index (χ1n) is 7.34. The molecule has 3 rings (SSSR count). The quantitative estimate of drug-likeness (QED) is 0.675. The summed E-state index contributed by atoms with van der Waals surface area (Å²) >= 11 is 3.49. The number of halogens is 2. The molecule has 2 N–H and O–H groups in total. The molecule has 0 aliphatic carbocycles. The minimum Gasteiger partial charge on any atom is -0.371 e. The van der Waals surface area contributed by atoms with Gasteiger partial charge in [-0.25, -0.2) is 0 Å². The first-order valence-corrected chi connectivity index (χ1v) is 8.13. The molecule has 1 atom stereocenters. The van der Waals surface area contributed by atoms with E-state index in [-0.39, 0.29) is 24.0 Å². The molecule has 0 amide bonds. The van der Waals surface area contributed by atoms with Crippen LogP contribution >= 0.6 is 39.9 Å². The van der Waals surface area contributed by atoms with E-state index < -0.39 is 0 Å². The molecule has 116 valence electrons. The topological polar surface area (TPSA) is 39.7 Å². The third-order valence-corrected chi connectivity index (χ3v) is 4.46. The summed E-state index contributed by atoms with van der Waals surface area (Å²) in [5.74, 6) is 1.68. The Kier molecular flexibility index (Phi) is 6.60. The lowest BCUT2D eigenvalue weighted by molar-refractivity contribution is 0.560. The molecule has 4 nitrogen and oxygen atoms in total. The van der Waals surface area contributed by atoms with Crippen LogP contribution in [0.25, 0.3) is 0 Å². The van der Waals surface area contributed by atoms with E-state index in [0.717, 1.165) is 49.6 Å². The van der Waals surface area contributed by atoms with Crippen molar-refractivity contribution >= 4 is 51.6 Å². The molecular weight excluding hydrogens is 443 g/mol. The summed E-state index contributed by atoms with van der Waals surface area (Å²) in [6.45, 7) is 5.28. The van der Waals surface area contributed by atoms with Gasteiger partial charge in [0.15, 0.2) is 5.96 Å². The fourth-order valence-corrected chi connectivity index (χ4v) is 3.04. The molecule has 0 bridgehead atoms. The van der Waals surface area contributed by atoms with Gasteiger partial charge in [-0.2, -0.15) is 0 Å². The lowest BCUT2D eigenvalue weighted by Crippen LogP contribution is -2.43. The van der Waals surface area contributed by atoms with Gasteiger partial charge in [0.2, 0.25) is 0 Å². The Hall–Kier alpha value is -0.500. The molecule has 1 unspecified atom stereocenters. The van der Waals surface area contributed by atoms with Gasteiger partial charge in [0.05, 0.1) is 0 Å². The Balaban J connectivity index is 0.00000161. The molecule has 1 aromatic carbocycles. The average Bonchev–Trinajstić information content (AvgIpc) is 2.96. The highest BCUT2D eigenvalue weighted by Crippen LogP contribution is 2.24. The van der Waals surface area contributed by atoms with Gasteiger partial charge in [0, 0.05) is 42.9 Å². The molecule has 1 aromatic rings. The second-order valence-corrected chi connectivity index (χ2v) is 6.38. The summed E-state index contributed by atoms with van der Waals surface area (Å²) in [4.78, 5) is 6.92. The summed E-state index contributed by atoms with van der Waals surface area (Å²) < 4.78 is 1.14. The van der Waals surface area contributed by atoms with Gasteiger partial charge in [0.25, 0.3) is 0 Å². The van der Waals surface area contributed by atoms with Crippen molar-refractivity contribution in [3.8, 4) is 0 Å². The Morgan fingerprint density at radius 2 is 2.14 bits per heavy atom. The highest BCUT2D eigenvalue weighted by atomic mass is 127. The molecule has 2 aliphatic rings. The highest BCUT2D eigenvalue weighted by molar-refractivity contribution is 14.0. The second-order valence-electron chi connectivity index (χ2n) is 5.47. The van der Waals surface area contributed by atoms with Crippen LogP contribution in [-0.2, 0) is 0 Å². The number of anilines is 1. The summed E-state index contributed by atoms with van der Waals surface area (Å²) in [6.07, 6.45) is 2.39. The first-order chi connectivity index (χ1) is 9.81. The third-order valence-electron chi connectivity index (χ3n) is 3.93. The van der Waals surface area contributed by atoms with Crippen molar-refractivity contribution in [1.82, 2.24) is 10.6 Å². The van der Waals surface area contributed by atoms with Crippen LogP contribution in [-0.4, -0.2) is 38.7 Å². The van der Waals surface area contributed by atoms with E-state index in [9.17, 15) is 0 Å². The van der Waals surface area contributed by atoms with Crippen LogP contribution in [0.15, 0.2) is 33.7 Å². The number of aliphatic imine (C=N–C) groups is 1. The van der Waals surface area contributed by atoms with E-state index in [4.69, 9.17) is 0 Å². The van der Waals surface area contributed by atoms with E-state index in [0.29, 0.717) is 5.92 Å². The van der Waals surface area contributed by atoms with Gasteiger partial charge in [-0.1, -0.05) is 15.9 Å². The number of hydrogen-bond acceptors (Lipinski definition) is 4. The van der Waals surface area contributed by atoms with Crippen molar-refractivity contribution in [3.05, 3.63) is 28.7 Å². The summed E-state index contributed by atoms with van der Waals surface area (Å²) in [5, 5.41) is 6.76. The number of nitrogens with one attached hydrogen (secondary N) is 2. The second kappa shape index (κ2) is 8.22. The van der Waals surface area contributed by atoms with Gasteiger partial charge in [-0.15, -0.1) is 24.0 Å².